The largest absolute Gasteiger partial charge is 0.352 e. The minimum absolute atomic E-state index is 0.129. The van der Waals surface area contributed by atoms with Crippen LogP contribution < -0.4 is 10.6 Å². The molecule has 1 aliphatic rings. The highest BCUT2D eigenvalue weighted by atomic mass is 19.1. The molecule has 0 heterocycles. The molecule has 2 atom stereocenters. The van der Waals surface area contributed by atoms with Crippen LogP contribution in [0.2, 0.25) is 0 Å². The van der Waals surface area contributed by atoms with E-state index in [4.69, 9.17) is 0 Å². The SMILES string of the molecule is C=CCNC(=O)C1CC1C(=O)NCc1ccccc1F. The van der Waals surface area contributed by atoms with Crippen molar-refractivity contribution < 1.29 is 14.0 Å². The van der Waals surface area contributed by atoms with Gasteiger partial charge < -0.3 is 10.6 Å². The Morgan fingerprint density at radius 3 is 2.55 bits per heavy atom. The van der Waals surface area contributed by atoms with Gasteiger partial charge in [0.15, 0.2) is 0 Å². The normalized spacial score (nSPS) is 20.1. The molecule has 2 rings (SSSR count). The maximum Gasteiger partial charge on any atom is 0.224 e. The molecule has 2 amide bonds. The monoisotopic (exact) mass is 276 g/mol. The lowest BCUT2D eigenvalue weighted by Gasteiger charge is -2.06. The smallest absolute Gasteiger partial charge is 0.224 e. The number of hydrogen-bond acceptors (Lipinski definition) is 2. The van der Waals surface area contributed by atoms with Gasteiger partial charge in [-0.05, 0) is 12.5 Å². The summed E-state index contributed by atoms with van der Waals surface area (Å²) in [5.41, 5.74) is 0.439. The van der Waals surface area contributed by atoms with Gasteiger partial charge in [0.1, 0.15) is 5.82 Å². The van der Waals surface area contributed by atoms with E-state index in [1.807, 2.05) is 0 Å². The molecule has 5 heteroatoms. The van der Waals surface area contributed by atoms with E-state index in [1.54, 1.807) is 24.3 Å². The second-order valence-electron chi connectivity index (χ2n) is 4.79. The van der Waals surface area contributed by atoms with Crippen LogP contribution in [0.15, 0.2) is 36.9 Å². The number of halogens is 1. The van der Waals surface area contributed by atoms with Crippen molar-refractivity contribution >= 4 is 11.8 Å². The molecule has 20 heavy (non-hydrogen) atoms. The van der Waals surface area contributed by atoms with Gasteiger partial charge in [-0.15, -0.1) is 6.58 Å². The zero-order valence-electron chi connectivity index (χ0n) is 11.1. The first-order valence-electron chi connectivity index (χ1n) is 6.53. The van der Waals surface area contributed by atoms with Gasteiger partial charge in [-0.3, -0.25) is 9.59 Å². The fourth-order valence-electron chi connectivity index (χ4n) is 2.03. The molecule has 1 fully saturated rings. The molecule has 1 saturated carbocycles. The van der Waals surface area contributed by atoms with Gasteiger partial charge in [-0.2, -0.15) is 0 Å². The van der Waals surface area contributed by atoms with Gasteiger partial charge in [0.25, 0.3) is 0 Å². The van der Waals surface area contributed by atoms with Gasteiger partial charge in [0.05, 0.1) is 11.8 Å². The summed E-state index contributed by atoms with van der Waals surface area (Å²) in [5, 5.41) is 5.33. The maximum atomic E-state index is 13.4. The van der Waals surface area contributed by atoms with Crippen LogP contribution in [0, 0.1) is 17.7 Å². The summed E-state index contributed by atoms with van der Waals surface area (Å²) in [7, 11) is 0. The van der Waals surface area contributed by atoms with Crippen molar-refractivity contribution in [3.8, 4) is 0 Å². The van der Waals surface area contributed by atoms with E-state index in [-0.39, 0.29) is 36.0 Å². The number of nitrogens with one attached hydrogen (secondary N) is 2. The molecule has 1 aliphatic carbocycles. The highest BCUT2D eigenvalue weighted by Gasteiger charge is 2.47. The Bertz CT molecular complexity index is 530. The van der Waals surface area contributed by atoms with Crippen LogP contribution in [0.5, 0.6) is 0 Å². The van der Waals surface area contributed by atoms with Crippen molar-refractivity contribution in [2.24, 2.45) is 11.8 Å². The molecule has 2 unspecified atom stereocenters. The van der Waals surface area contributed by atoms with Gasteiger partial charge >= 0.3 is 0 Å². The Morgan fingerprint density at radius 2 is 1.90 bits per heavy atom. The standard InChI is InChI=1S/C15H17FN2O2/c1-2-7-17-14(19)11-8-12(11)15(20)18-9-10-5-3-4-6-13(10)16/h2-6,11-12H,1,7-9H2,(H,17,19)(H,18,20). The fraction of sp³-hybridized carbons (Fsp3) is 0.333. The van der Waals surface area contributed by atoms with Gasteiger partial charge in [0, 0.05) is 18.7 Å². The van der Waals surface area contributed by atoms with Crippen LogP contribution in [0.3, 0.4) is 0 Å². The summed E-state index contributed by atoms with van der Waals surface area (Å²) >= 11 is 0. The highest BCUT2D eigenvalue weighted by Crippen LogP contribution is 2.38. The fourth-order valence-corrected chi connectivity index (χ4v) is 2.03. The van der Waals surface area contributed by atoms with Crippen LogP contribution >= 0.6 is 0 Å². The molecule has 0 spiro atoms. The predicted octanol–water partition coefficient (Wildman–Crippen LogP) is 1.38. The van der Waals surface area contributed by atoms with E-state index >= 15 is 0 Å². The summed E-state index contributed by atoms with van der Waals surface area (Å²) < 4.78 is 13.4. The molecule has 0 aromatic heterocycles. The Hall–Kier alpha value is -2.17. The molecule has 106 valence electrons. The molecule has 0 bridgehead atoms. The lowest BCUT2D eigenvalue weighted by atomic mass is 10.2. The Balaban J connectivity index is 1.78. The van der Waals surface area contributed by atoms with Crippen molar-refractivity contribution in [2.75, 3.05) is 6.54 Å². The number of rotatable bonds is 6. The zero-order valence-corrected chi connectivity index (χ0v) is 11.1. The van der Waals surface area contributed by atoms with E-state index < -0.39 is 0 Å². The van der Waals surface area contributed by atoms with Crippen LogP contribution in [-0.4, -0.2) is 18.4 Å². The topological polar surface area (TPSA) is 58.2 Å². The first-order chi connectivity index (χ1) is 9.63. The summed E-state index contributed by atoms with van der Waals surface area (Å²) in [6, 6.07) is 6.29. The molecule has 4 nitrogen and oxygen atoms in total. The molecule has 0 aliphatic heterocycles. The van der Waals surface area contributed by atoms with Crippen LogP contribution in [0.25, 0.3) is 0 Å². The number of amides is 2. The summed E-state index contributed by atoms with van der Waals surface area (Å²) in [4.78, 5) is 23.5. The third kappa shape index (κ3) is 3.44. The number of carbonyl (C=O) groups excluding carboxylic acids is 2. The summed E-state index contributed by atoms with van der Waals surface area (Å²) in [5.74, 6) is -1.24. The van der Waals surface area contributed by atoms with Crippen molar-refractivity contribution in [2.45, 2.75) is 13.0 Å². The predicted molar refractivity (Wildman–Crippen MR) is 73.1 cm³/mol. The van der Waals surface area contributed by atoms with E-state index in [0.29, 0.717) is 18.5 Å². The summed E-state index contributed by atoms with van der Waals surface area (Å²) in [6.45, 7) is 4.05. The minimum Gasteiger partial charge on any atom is -0.352 e. The first kappa shape index (κ1) is 14.2. The van der Waals surface area contributed by atoms with Crippen molar-refractivity contribution in [1.29, 1.82) is 0 Å². The van der Waals surface area contributed by atoms with Gasteiger partial charge in [-0.25, -0.2) is 4.39 Å². The molecular formula is C15H17FN2O2. The zero-order chi connectivity index (χ0) is 14.5. The van der Waals surface area contributed by atoms with Gasteiger partial charge in [-0.1, -0.05) is 24.3 Å². The number of carbonyl (C=O) groups is 2. The number of hydrogen-bond donors (Lipinski definition) is 2. The molecular weight excluding hydrogens is 259 g/mol. The van der Waals surface area contributed by atoms with E-state index in [9.17, 15) is 14.0 Å². The molecule has 0 radical (unpaired) electrons. The van der Waals surface area contributed by atoms with Gasteiger partial charge in [0.2, 0.25) is 11.8 Å². The van der Waals surface area contributed by atoms with Crippen LogP contribution in [-0.2, 0) is 16.1 Å². The number of benzene rings is 1. The molecule has 2 N–H and O–H groups in total. The average molecular weight is 276 g/mol. The lowest BCUT2D eigenvalue weighted by molar-refractivity contribution is -0.127. The lowest BCUT2D eigenvalue weighted by Crippen LogP contribution is -2.30. The first-order valence-corrected chi connectivity index (χ1v) is 6.53. The third-order valence-electron chi connectivity index (χ3n) is 3.30. The van der Waals surface area contributed by atoms with Crippen molar-refractivity contribution in [3.63, 3.8) is 0 Å². The van der Waals surface area contributed by atoms with Crippen LogP contribution in [0.4, 0.5) is 4.39 Å². The Morgan fingerprint density at radius 1 is 1.25 bits per heavy atom. The Kier molecular flexibility index (Phi) is 4.50. The molecule has 1 aromatic carbocycles. The second-order valence-corrected chi connectivity index (χ2v) is 4.79. The van der Waals surface area contributed by atoms with Crippen LogP contribution in [0.1, 0.15) is 12.0 Å². The molecule has 1 aromatic rings. The third-order valence-corrected chi connectivity index (χ3v) is 3.30. The van der Waals surface area contributed by atoms with Crippen molar-refractivity contribution in [3.05, 3.63) is 48.3 Å². The van der Waals surface area contributed by atoms with E-state index in [1.165, 1.54) is 6.07 Å². The Labute approximate surface area is 117 Å². The average Bonchev–Trinajstić information content (AvgIpc) is 3.24. The quantitative estimate of drug-likeness (QED) is 0.771. The highest BCUT2D eigenvalue weighted by molar-refractivity contribution is 5.92. The molecule has 0 saturated heterocycles. The second kappa shape index (κ2) is 6.32. The summed E-state index contributed by atoms with van der Waals surface area (Å²) in [6.07, 6.45) is 2.14. The van der Waals surface area contributed by atoms with E-state index in [0.717, 1.165) is 0 Å². The van der Waals surface area contributed by atoms with E-state index in [2.05, 4.69) is 17.2 Å². The van der Waals surface area contributed by atoms with Crippen molar-refractivity contribution in [1.82, 2.24) is 10.6 Å². The minimum atomic E-state index is -0.344. The maximum absolute atomic E-state index is 13.4.